The number of halogens is 1. The van der Waals surface area contributed by atoms with Gasteiger partial charge in [-0.25, -0.2) is 9.37 Å². The smallest absolute Gasteiger partial charge is 0.260 e. The second-order valence-electron chi connectivity index (χ2n) is 10.4. The average Bonchev–Trinajstić information content (AvgIpc) is 3.39. The SMILES string of the molecule is COc1ccc(COCc2cc(/C(=N/N)c3ccc(-n4cnc(C)c4O)c(OC)c3)c(=O)n([C@@H](C)c3ccc(F)cc3)c2)cc1. The second-order valence-corrected chi connectivity index (χ2v) is 10.4. The van der Waals surface area contributed by atoms with E-state index in [2.05, 4.69) is 10.1 Å². The molecule has 1 atom stereocenters. The molecular formula is C34H34FN5O5. The van der Waals surface area contributed by atoms with Crippen LogP contribution in [0.5, 0.6) is 17.4 Å². The summed E-state index contributed by atoms with van der Waals surface area (Å²) in [5.74, 6) is 6.71. The lowest BCUT2D eigenvalue weighted by Crippen LogP contribution is -2.30. The number of aromatic hydroxyl groups is 1. The predicted molar refractivity (Wildman–Crippen MR) is 169 cm³/mol. The third-order valence-corrected chi connectivity index (χ3v) is 7.58. The first-order chi connectivity index (χ1) is 21.7. The summed E-state index contributed by atoms with van der Waals surface area (Å²) in [5.41, 5.74) is 4.06. The fourth-order valence-corrected chi connectivity index (χ4v) is 5.04. The van der Waals surface area contributed by atoms with E-state index >= 15 is 0 Å². The van der Waals surface area contributed by atoms with Crippen molar-refractivity contribution in [3.05, 3.63) is 135 Å². The van der Waals surface area contributed by atoms with E-state index in [4.69, 9.17) is 20.1 Å². The molecular weight excluding hydrogens is 577 g/mol. The summed E-state index contributed by atoms with van der Waals surface area (Å²) in [6.45, 7) is 4.08. The van der Waals surface area contributed by atoms with Crippen molar-refractivity contribution in [2.45, 2.75) is 33.1 Å². The van der Waals surface area contributed by atoms with Crippen LogP contribution in [0.15, 0.2) is 95.2 Å². The number of rotatable bonds is 11. The standard InChI is InChI=1S/C34H34FN5O5/c1-21-33(41)40(20-37-21)30-14-9-26(16-31(30)44-4)32(38-36)29-15-24(19-45-18-23-5-12-28(43-3)13-6-23)17-39(34(29)42)22(2)25-7-10-27(35)11-8-25/h5-17,20,22,41H,18-19,36H2,1-4H3/b38-32+/t22-/m0/s1. The van der Waals surface area contributed by atoms with Crippen LogP contribution in [-0.2, 0) is 18.0 Å². The lowest BCUT2D eigenvalue weighted by molar-refractivity contribution is 0.106. The topological polar surface area (TPSA) is 126 Å². The molecule has 0 aliphatic carbocycles. The number of pyridine rings is 1. The number of hydrogen-bond donors (Lipinski definition) is 2. The Bertz CT molecular complexity index is 1880. The molecule has 0 fully saturated rings. The number of aryl methyl sites for hydroxylation is 1. The average molecular weight is 612 g/mol. The molecule has 2 heterocycles. The normalized spacial score (nSPS) is 12.2. The van der Waals surface area contributed by atoms with Gasteiger partial charge < -0.3 is 29.7 Å². The van der Waals surface area contributed by atoms with E-state index in [1.54, 1.807) is 61.2 Å². The predicted octanol–water partition coefficient (Wildman–Crippen LogP) is 5.24. The number of hydrogen-bond acceptors (Lipinski definition) is 8. The van der Waals surface area contributed by atoms with Crippen molar-refractivity contribution in [3.63, 3.8) is 0 Å². The Balaban J connectivity index is 1.54. The quantitative estimate of drug-likeness (QED) is 0.119. The Morgan fingerprint density at radius 3 is 2.33 bits per heavy atom. The number of ether oxygens (including phenoxy) is 3. The highest BCUT2D eigenvalue weighted by Gasteiger charge is 2.21. The van der Waals surface area contributed by atoms with E-state index in [9.17, 15) is 14.3 Å². The zero-order chi connectivity index (χ0) is 32.1. The van der Waals surface area contributed by atoms with E-state index < -0.39 is 6.04 Å². The van der Waals surface area contributed by atoms with E-state index in [1.807, 2.05) is 31.2 Å². The van der Waals surface area contributed by atoms with Gasteiger partial charge in [-0.15, -0.1) is 0 Å². The van der Waals surface area contributed by atoms with Gasteiger partial charge in [-0.1, -0.05) is 30.3 Å². The largest absolute Gasteiger partial charge is 0.497 e. The highest BCUT2D eigenvalue weighted by atomic mass is 19.1. The van der Waals surface area contributed by atoms with Gasteiger partial charge in [0.05, 0.1) is 50.4 Å². The summed E-state index contributed by atoms with van der Waals surface area (Å²) in [7, 11) is 3.11. The Labute approximate surface area is 259 Å². The van der Waals surface area contributed by atoms with Crippen molar-refractivity contribution in [3.8, 4) is 23.1 Å². The molecule has 0 unspecified atom stereocenters. The van der Waals surface area contributed by atoms with Crippen molar-refractivity contribution in [1.29, 1.82) is 0 Å². The molecule has 45 heavy (non-hydrogen) atoms. The molecule has 3 aromatic carbocycles. The van der Waals surface area contributed by atoms with Gasteiger partial charge in [-0.05, 0) is 73.0 Å². The van der Waals surface area contributed by atoms with Crippen molar-refractivity contribution < 1.29 is 23.7 Å². The molecule has 0 aliphatic rings. The van der Waals surface area contributed by atoms with Crippen LogP contribution in [0, 0.1) is 12.7 Å². The van der Waals surface area contributed by atoms with Crippen LogP contribution in [0.1, 0.15) is 46.5 Å². The van der Waals surface area contributed by atoms with Gasteiger partial charge in [0, 0.05) is 11.8 Å². The fourth-order valence-electron chi connectivity index (χ4n) is 5.04. The van der Waals surface area contributed by atoms with Crippen LogP contribution in [0.4, 0.5) is 4.39 Å². The van der Waals surface area contributed by atoms with Gasteiger partial charge in [-0.3, -0.25) is 9.36 Å². The summed E-state index contributed by atoms with van der Waals surface area (Å²) in [5, 5.41) is 14.5. The summed E-state index contributed by atoms with van der Waals surface area (Å²) >= 11 is 0. The summed E-state index contributed by atoms with van der Waals surface area (Å²) < 4.78 is 33.6. The molecule has 10 nitrogen and oxygen atoms in total. The van der Waals surface area contributed by atoms with Crippen molar-refractivity contribution in [1.82, 2.24) is 14.1 Å². The minimum absolute atomic E-state index is 0.0197. The molecule has 0 bridgehead atoms. The van der Waals surface area contributed by atoms with Crippen LogP contribution < -0.4 is 20.9 Å². The van der Waals surface area contributed by atoms with Gasteiger partial charge in [-0.2, -0.15) is 5.10 Å². The fraction of sp³-hybridized carbons (Fsp3) is 0.206. The second kappa shape index (κ2) is 13.5. The number of methoxy groups -OCH3 is 2. The molecule has 0 saturated carbocycles. The first-order valence-electron chi connectivity index (χ1n) is 14.1. The summed E-state index contributed by atoms with van der Waals surface area (Å²) in [6.07, 6.45) is 3.22. The van der Waals surface area contributed by atoms with E-state index in [0.717, 1.165) is 16.9 Å². The Morgan fingerprint density at radius 2 is 1.71 bits per heavy atom. The highest BCUT2D eigenvalue weighted by Crippen LogP contribution is 2.30. The molecule has 5 aromatic rings. The lowest BCUT2D eigenvalue weighted by Gasteiger charge is -2.20. The minimum atomic E-state index is -0.443. The molecule has 5 rings (SSSR count). The first-order valence-corrected chi connectivity index (χ1v) is 14.1. The van der Waals surface area contributed by atoms with Crippen LogP contribution in [0.3, 0.4) is 0 Å². The number of nitrogens with two attached hydrogens (primary N) is 1. The van der Waals surface area contributed by atoms with E-state index in [0.29, 0.717) is 34.9 Å². The molecule has 0 radical (unpaired) electrons. The maximum Gasteiger partial charge on any atom is 0.260 e. The van der Waals surface area contributed by atoms with E-state index in [1.165, 1.54) is 30.1 Å². The lowest BCUT2D eigenvalue weighted by atomic mass is 10.00. The molecule has 0 aliphatic heterocycles. The van der Waals surface area contributed by atoms with Gasteiger partial charge in [0.25, 0.3) is 5.56 Å². The summed E-state index contributed by atoms with van der Waals surface area (Å²) in [4.78, 5) is 18.2. The van der Waals surface area contributed by atoms with Crippen molar-refractivity contribution in [2.75, 3.05) is 14.2 Å². The van der Waals surface area contributed by atoms with Crippen LogP contribution in [0.2, 0.25) is 0 Å². The Kier molecular flexibility index (Phi) is 9.29. The van der Waals surface area contributed by atoms with Crippen molar-refractivity contribution >= 4 is 5.71 Å². The number of nitrogens with zero attached hydrogens (tertiary/aromatic N) is 4. The third kappa shape index (κ3) is 6.58. The Hall–Kier alpha value is -5.42. The van der Waals surface area contributed by atoms with Gasteiger partial charge in [0.2, 0.25) is 5.88 Å². The highest BCUT2D eigenvalue weighted by molar-refractivity contribution is 6.13. The molecule has 2 aromatic heterocycles. The first kappa shape index (κ1) is 31.0. The molecule has 232 valence electrons. The number of aromatic nitrogens is 3. The van der Waals surface area contributed by atoms with Gasteiger partial charge >= 0.3 is 0 Å². The summed E-state index contributed by atoms with van der Waals surface area (Å²) in [6, 6.07) is 20.0. The van der Waals surface area contributed by atoms with Gasteiger partial charge in [0.1, 0.15) is 29.4 Å². The van der Waals surface area contributed by atoms with Crippen LogP contribution in [-0.4, -0.2) is 39.2 Å². The molecule has 0 amide bonds. The zero-order valence-electron chi connectivity index (χ0n) is 25.4. The number of benzene rings is 3. The van der Waals surface area contributed by atoms with Gasteiger partial charge in [0.15, 0.2) is 0 Å². The Morgan fingerprint density at radius 1 is 1.00 bits per heavy atom. The zero-order valence-corrected chi connectivity index (χ0v) is 25.4. The molecule has 3 N–H and O–H groups in total. The monoisotopic (exact) mass is 611 g/mol. The third-order valence-electron chi connectivity index (χ3n) is 7.58. The van der Waals surface area contributed by atoms with Crippen LogP contribution in [0.25, 0.3) is 5.69 Å². The number of imidazole rings is 1. The molecule has 11 heteroatoms. The van der Waals surface area contributed by atoms with Crippen molar-refractivity contribution in [2.24, 2.45) is 10.9 Å². The van der Waals surface area contributed by atoms with E-state index in [-0.39, 0.29) is 35.1 Å². The van der Waals surface area contributed by atoms with Crippen LogP contribution >= 0.6 is 0 Å². The maximum atomic E-state index is 14.0. The minimum Gasteiger partial charge on any atom is -0.497 e. The maximum absolute atomic E-state index is 14.0. The molecule has 0 spiro atoms. The molecule has 0 saturated heterocycles. The number of hydrazone groups is 1.